The van der Waals surface area contributed by atoms with Crippen LogP contribution < -0.4 is 15.1 Å². The minimum Gasteiger partial charge on any atom is -0.389 e. The Bertz CT molecular complexity index is 1340. The van der Waals surface area contributed by atoms with E-state index in [9.17, 15) is 19.5 Å². The predicted octanol–water partition coefficient (Wildman–Crippen LogP) is 3.32. The van der Waals surface area contributed by atoms with E-state index in [1.807, 2.05) is 16.7 Å². The van der Waals surface area contributed by atoms with Crippen LogP contribution in [0.2, 0.25) is 0 Å². The molecular formula is C30H43FN6O5. The number of halogens is 1. The van der Waals surface area contributed by atoms with Gasteiger partial charge >= 0.3 is 6.03 Å². The number of aliphatic hydroxyl groups is 1. The molecule has 0 unspecified atom stereocenters. The van der Waals surface area contributed by atoms with Gasteiger partial charge in [-0.05, 0) is 57.1 Å². The average molecular weight is 587 g/mol. The third-order valence-corrected chi connectivity index (χ3v) is 8.98. The molecule has 0 spiro atoms. The highest BCUT2D eigenvalue weighted by atomic mass is 19.1. The third-order valence-electron chi connectivity index (χ3n) is 8.98. The van der Waals surface area contributed by atoms with Crippen LogP contribution in [0.3, 0.4) is 0 Å². The number of carbonyl (C=O) groups excluding carboxylic acids is 3. The Morgan fingerprint density at radius 2 is 1.81 bits per heavy atom. The number of anilines is 2. The van der Waals surface area contributed by atoms with Crippen molar-refractivity contribution in [3.05, 3.63) is 17.9 Å². The number of piperidine rings is 2. The van der Waals surface area contributed by atoms with Gasteiger partial charge in [-0.25, -0.2) is 9.18 Å². The van der Waals surface area contributed by atoms with Gasteiger partial charge in [-0.2, -0.15) is 5.10 Å². The minimum absolute atomic E-state index is 0.0425. The van der Waals surface area contributed by atoms with Crippen LogP contribution in [0.4, 0.5) is 20.7 Å². The number of imide groups is 1. The zero-order valence-corrected chi connectivity index (χ0v) is 25.1. The molecule has 2 aromatic rings. The lowest BCUT2D eigenvalue weighted by Gasteiger charge is -2.44. The molecule has 5 rings (SSSR count). The van der Waals surface area contributed by atoms with Crippen molar-refractivity contribution in [3.63, 3.8) is 0 Å². The molecule has 0 saturated carbocycles. The van der Waals surface area contributed by atoms with Crippen LogP contribution in [0.25, 0.3) is 10.9 Å². The molecule has 3 saturated heterocycles. The standard InChI is InChI=1S/C30H43FN6O5/c1-5-42-30(18-20(2)3)9-14-36(15-10-30)26(39)19-29(41)7-12-35(13-8-29)24-17-23-21(16-22(24)31)27(33-34(23)4)37-11-6-25(38)32-28(37)40/h16-17,20,41H,5-15,18-19H2,1-4H3,(H,32,38,40). The third kappa shape index (κ3) is 6.10. The molecule has 0 aliphatic carbocycles. The summed E-state index contributed by atoms with van der Waals surface area (Å²) in [5.74, 6) is -0.0376. The first-order chi connectivity index (χ1) is 19.9. The van der Waals surface area contributed by atoms with E-state index in [2.05, 4.69) is 24.3 Å². The Morgan fingerprint density at radius 3 is 2.43 bits per heavy atom. The van der Waals surface area contributed by atoms with Gasteiger partial charge in [0.25, 0.3) is 0 Å². The molecule has 0 atom stereocenters. The fourth-order valence-corrected chi connectivity index (χ4v) is 6.81. The highest BCUT2D eigenvalue weighted by molar-refractivity contribution is 6.09. The number of carbonyl (C=O) groups is 3. The molecule has 42 heavy (non-hydrogen) atoms. The lowest BCUT2D eigenvalue weighted by molar-refractivity contribution is -0.145. The number of hydrogen-bond acceptors (Lipinski definition) is 7. The summed E-state index contributed by atoms with van der Waals surface area (Å²) in [6.45, 7) is 9.28. The van der Waals surface area contributed by atoms with Gasteiger partial charge in [-0.15, -0.1) is 0 Å². The van der Waals surface area contributed by atoms with Crippen molar-refractivity contribution in [2.75, 3.05) is 49.1 Å². The van der Waals surface area contributed by atoms with E-state index >= 15 is 4.39 Å². The molecule has 3 aliphatic rings. The van der Waals surface area contributed by atoms with Crippen molar-refractivity contribution in [2.24, 2.45) is 13.0 Å². The number of nitrogens with zero attached hydrogens (tertiary/aromatic N) is 5. The van der Waals surface area contributed by atoms with Crippen LogP contribution in [0, 0.1) is 11.7 Å². The Hall–Kier alpha value is -3.25. The maximum atomic E-state index is 15.5. The molecule has 4 amide bonds. The van der Waals surface area contributed by atoms with Crippen molar-refractivity contribution >= 4 is 40.3 Å². The fraction of sp³-hybridized carbons (Fsp3) is 0.667. The van der Waals surface area contributed by atoms with E-state index in [-0.39, 0.29) is 36.8 Å². The zero-order chi connectivity index (χ0) is 30.2. The van der Waals surface area contributed by atoms with Gasteiger partial charge in [0.1, 0.15) is 5.82 Å². The van der Waals surface area contributed by atoms with Gasteiger partial charge in [0, 0.05) is 58.2 Å². The molecule has 4 heterocycles. The molecule has 2 N–H and O–H groups in total. The number of ether oxygens (including phenoxy) is 1. The van der Waals surface area contributed by atoms with Crippen LogP contribution in [-0.2, 0) is 21.4 Å². The molecule has 3 aliphatic heterocycles. The summed E-state index contributed by atoms with van der Waals surface area (Å²) in [7, 11) is 1.73. The molecule has 12 heteroatoms. The Labute approximate surface area is 245 Å². The van der Waals surface area contributed by atoms with E-state index < -0.39 is 17.4 Å². The average Bonchev–Trinajstić information content (AvgIpc) is 3.23. The monoisotopic (exact) mass is 586 g/mol. The van der Waals surface area contributed by atoms with Crippen LogP contribution in [0.5, 0.6) is 0 Å². The summed E-state index contributed by atoms with van der Waals surface area (Å²) in [4.78, 5) is 42.2. The smallest absolute Gasteiger partial charge is 0.329 e. The maximum Gasteiger partial charge on any atom is 0.329 e. The normalized spacial score (nSPS) is 20.9. The van der Waals surface area contributed by atoms with Crippen LogP contribution in [0.15, 0.2) is 12.1 Å². The largest absolute Gasteiger partial charge is 0.389 e. The second kappa shape index (κ2) is 11.8. The summed E-state index contributed by atoms with van der Waals surface area (Å²) < 4.78 is 23.2. The van der Waals surface area contributed by atoms with E-state index in [1.54, 1.807) is 17.8 Å². The number of benzene rings is 1. The van der Waals surface area contributed by atoms with Crippen molar-refractivity contribution in [1.82, 2.24) is 20.0 Å². The van der Waals surface area contributed by atoms with Gasteiger partial charge in [0.05, 0.1) is 28.8 Å². The predicted molar refractivity (Wildman–Crippen MR) is 157 cm³/mol. The molecule has 230 valence electrons. The Balaban J connectivity index is 1.22. The highest BCUT2D eigenvalue weighted by Gasteiger charge is 2.40. The second-order valence-corrected chi connectivity index (χ2v) is 12.5. The van der Waals surface area contributed by atoms with Gasteiger partial charge in [0.15, 0.2) is 5.82 Å². The van der Waals surface area contributed by atoms with E-state index in [4.69, 9.17) is 4.74 Å². The first-order valence-corrected chi connectivity index (χ1v) is 15.1. The number of aryl methyl sites for hydroxylation is 1. The molecule has 0 bridgehead atoms. The SMILES string of the molecule is CCOC1(CC(C)C)CCN(C(=O)CC2(O)CCN(c3cc4c(cc3F)c(N3CCC(=O)NC3=O)nn4C)CC2)CC1. The van der Waals surface area contributed by atoms with Crippen LogP contribution >= 0.6 is 0 Å². The van der Waals surface area contributed by atoms with Gasteiger partial charge in [0.2, 0.25) is 11.8 Å². The lowest BCUT2D eigenvalue weighted by atomic mass is 9.82. The number of urea groups is 1. The van der Waals surface area contributed by atoms with Gasteiger partial charge < -0.3 is 19.6 Å². The first-order valence-electron chi connectivity index (χ1n) is 15.1. The highest BCUT2D eigenvalue weighted by Crippen LogP contribution is 2.37. The van der Waals surface area contributed by atoms with E-state index in [0.29, 0.717) is 74.0 Å². The summed E-state index contributed by atoms with van der Waals surface area (Å²) in [5.41, 5.74) is -0.287. The summed E-state index contributed by atoms with van der Waals surface area (Å²) in [5, 5.41) is 18.5. The molecule has 1 aromatic carbocycles. The molecule has 11 nitrogen and oxygen atoms in total. The molecule has 3 fully saturated rings. The zero-order valence-electron chi connectivity index (χ0n) is 25.1. The van der Waals surface area contributed by atoms with Gasteiger partial charge in [-0.1, -0.05) is 13.8 Å². The van der Waals surface area contributed by atoms with Crippen molar-refractivity contribution in [1.29, 1.82) is 0 Å². The topological polar surface area (TPSA) is 120 Å². The van der Waals surface area contributed by atoms with Crippen molar-refractivity contribution in [3.8, 4) is 0 Å². The molecule has 1 aromatic heterocycles. The van der Waals surface area contributed by atoms with E-state index in [1.165, 1.54) is 11.0 Å². The number of nitrogens with one attached hydrogen (secondary N) is 1. The van der Waals surface area contributed by atoms with Crippen LogP contribution in [-0.4, -0.2) is 88.2 Å². The number of rotatable bonds is 8. The summed E-state index contributed by atoms with van der Waals surface area (Å²) in [6, 6.07) is 2.51. The number of amides is 4. The minimum atomic E-state index is -1.14. The number of hydrogen-bond donors (Lipinski definition) is 2. The number of aromatic nitrogens is 2. The van der Waals surface area contributed by atoms with Gasteiger partial charge in [-0.3, -0.25) is 24.5 Å². The lowest BCUT2D eigenvalue weighted by Crippen LogP contribution is -2.52. The number of fused-ring (bicyclic) bond motifs is 1. The summed E-state index contributed by atoms with van der Waals surface area (Å²) in [6.07, 6.45) is 3.47. The second-order valence-electron chi connectivity index (χ2n) is 12.5. The quantitative estimate of drug-likeness (QED) is 0.487. The Morgan fingerprint density at radius 1 is 1.12 bits per heavy atom. The molecular weight excluding hydrogens is 543 g/mol. The molecule has 0 radical (unpaired) electrons. The van der Waals surface area contributed by atoms with Crippen LogP contribution in [0.1, 0.15) is 65.7 Å². The summed E-state index contributed by atoms with van der Waals surface area (Å²) >= 11 is 0. The van der Waals surface area contributed by atoms with Crippen molar-refractivity contribution < 1.29 is 28.6 Å². The van der Waals surface area contributed by atoms with Crippen molar-refractivity contribution in [2.45, 2.75) is 76.9 Å². The first kappa shape index (κ1) is 30.2. The maximum absolute atomic E-state index is 15.5. The number of likely N-dealkylation sites (tertiary alicyclic amines) is 1. The fourth-order valence-electron chi connectivity index (χ4n) is 6.81. The Kier molecular flexibility index (Phi) is 8.48. The van der Waals surface area contributed by atoms with E-state index in [0.717, 1.165) is 19.3 Å².